The summed E-state index contributed by atoms with van der Waals surface area (Å²) in [7, 11) is 0. The van der Waals surface area contributed by atoms with E-state index in [0.717, 1.165) is 44.3 Å². The van der Waals surface area contributed by atoms with E-state index in [2.05, 4.69) is 4.98 Å². The second-order valence-electron chi connectivity index (χ2n) is 8.26. The van der Waals surface area contributed by atoms with Crippen molar-refractivity contribution in [2.24, 2.45) is 0 Å². The zero-order valence-corrected chi connectivity index (χ0v) is 17.2. The van der Waals surface area contributed by atoms with Gasteiger partial charge in [-0.25, -0.2) is 4.98 Å². The number of hydrogen-bond donors (Lipinski definition) is 2. The molecule has 8 nitrogen and oxygen atoms in total. The molecule has 2 fully saturated rings. The molecule has 0 spiro atoms. The first kappa shape index (κ1) is 19.4. The van der Waals surface area contributed by atoms with Gasteiger partial charge in [0.15, 0.2) is 5.84 Å². The van der Waals surface area contributed by atoms with Crippen molar-refractivity contribution in [3.63, 3.8) is 0 Å². The van der Waals surface area contributed by atoms with Crippen LogP contribution in [0.3, 0.4) is 0 Å². The van der Waals surface area contributed by atoms with Crippen LogP contribution in [-0.2, 0) is 6.54 Å². The third kappa shape index (κ3) is 3.48. The highest BCUT2D eigenvalue weighted by atomic mass is 16.2. The number of nitrogens with zero attached hydrogens (tertiary/aromatic N) is 4. The summed E-state index contributed by atoms with van der Waals surface area (Å²) >= 11 is 0. The number of likely N-dealkylation sites (tertiary alicyclic amines) is 1. The Bertz CT molecular complexity index is 1090. The Morgan fingerprint density at radius 2 is 1.94 bits per heavy atom. The number of fused-ring (bicyclic) bond motifs is 1. The average Bonchev–Trinajstić information content (AvgIpc) is 3.36. The Kier molecular flexibility index (Phi) is 4.77. The maximum absolute atomic E-state index is 13.0. The van der Waals surface area contributed by atoms with Gasteiger partial charge in [-0.3, -0.25) is 25.3 Å². The summed E-state index contributed by atoms with van der Waals surface area (Å²) in [5.74, 6) is 0.502. The Morgan fingerprint density at radius 3 is 2.65 bits per heavy atom. The molecule has 1 aromatic carbocycles. The van der Waals surface area contributed by atoms with Crippen molar-refractivity contribution in [1.82, 2.24) is 14.8 Å². The third-order valence-electron chi connectivity index (χ3n) is 6.14. The Labute approximate surface area is 180 Å². The molecule has 0 unspecified atom stereocenters. The van der Waals surface area contributed by atoms with Gasteiger partial charge in [0.2, 0.25) is 0 Å². The number of aromatic nitrogens is 1. The lowest BCUT2D eigenvalue weighted by Crippen LogP contribution is -2.32. The number of pyridine rings is 1. The minimum absolute atomic E-state index is 0.0200. The van der Waals surface area contributed by atoms with Crippen molar-refractivity contribution in [2.45, 2.75) is 38.3 Å². The maximum atomic E-state index is 13.0. The fourth-order valence-corrected chi connectivity index (χ4v) is 4.28. The van der Waals surface area contributed by atoms with Gasteiger partial charge in [-0.05, 0) is 61.6 Å². The zero-order chi connectivity index (χ0) is 21.5. The number of amidine groups is 1. The van der Waals surface area contributed by atoms with Gasteiger partial charge in [-0.15, -0.1) is 0 Å². The molecule has 2 amide bonds. The molecule has 1 saturated carbocycles. The molecule has 1 aliphatic carbocycles. The molecule has 3 aliphatic rings. The van der Waals surface area contributed by atoms with E-state index < -0.39 is 0 Å². The second kappa shape index (κ2) is 7.61. The van der Waals surface area contributed by atoms with Crippen molar-refractivity contribution < 1.29 is 9.59 Å². The lowest BCUT2D eigenvalue weighted by Gasteiger charge is -2.20. The number of carbonyl (C=O) groups excluding carboxylic acids is 2. The molecule has 1 aromatic heterocycles. The van der Waals surface area contributed by atoms with Gasteiger partial charge < -0.3 is 9.80 Å². The van der Waals surface area contributed by atoms with E-state index in [0.29, 0.717) is 29.2 Å². The number of anilines is 1. The van der Waals surface area contributed by atoms with Gasteiger partial charge in [0, 0.05) is 30.3 Å². The summed E-state index contributed by atoms with van der Waals surface area (Å²) in [5.41, 5.74) is 2.45. The lowest BCUT2D eigenvalue weighted by molar-refractivity contribution is 0.0792. The van der Waals surface area contributed by atoms with Crippen LogP contribution >= 0.6 is 0 Å². The summed E-state index contributed by atoms with van der Waals surface area (Å²) in [5, 5.41) is 16.0. The van der Waals surface area contributed by atoms with Gasteiger partial charge in [-0.1, -0.05) is 6.07 Å². The summed E-state index contributed by atoms with van der Waals surface area (Å²) in [6.45, 7) is 1.92. The highest BCUT2D eigenvalue weighted by Crippen LogP contribution is 2.30. The van der Waals surface area contributed by atoms with Crippen LogP contribution in [0.25, 0.3) is 0 Å². The Hall–Kier alpha value is -3.55. The van der Waals surface area contributed by atoms with Gasteiger partial charge in [-0.2, -0.15) is 0 Å². The molecule has 0 bridgehead atoms. The number of rotatable bonds is 5. The third-order valence-corrected chi connectivity index (χ3v) is 6.14. The first-order valence-corrected chi connectivity index (χ1v) is 10.7. The van der Waals surface area contributed by atoms with Crippen molar-refractivity contribution >= 4 is 29.8 Å². The molecule has 31 heavy (non-hydrogen) atoms. The first-order valence-electron chi connectivity index (χ1n) is 10.7. The molecule has 2 N–H and O–H groups in total. The van der Waals surface area contributed by atoms with Crippen LogP contribution in [0.4, 0.5) is 5.82 Å². The molecule has 158 valence electrons. The van der Waals surface area contributed by atoms with E-state index in [9.17, 15) is 9.59 Å². The average molecular weight is 416 g/mol. The topological polar surface area (TPSA) is 104 Å². The lowest BCUT2D eigenvalue weighted by atomic mass is 10.1. The standard InChI is InChI=1S/C23H24N6O2/c24-14-29(17-7-8-17)21(25)19-4-3-5-20(26-19)28-13-16-12-15(6-9-18(16)23(28)31)22(30)27-10-1-2-11-27/h3-6,9,12,14,17,24-25H,1-2,7-8,10-11,13H2. The summed E-state index contributed by atoms with van der Waals surface area (Å²) in [6.07, 6.45) is 5.18. The van der Waals surface area contributed by atoms with E-state index in [4.69, 9.17) is 10.8 Å². The smallest absolute Gasteiger partial charge is 0.260 e. The molecular formula is C23H24N6O2. The molecule has 5 rings (SSSR count). The van der Waals surface area contributed by atoms with Crippen LogP contribution in [0.15, 0.2) is 36.4 Å². The van der Waals surface area contributed by atoms with Crippen LogP contribution < -0.4 is 4.90 Å². The predicted molar refractivity (Wildman–Crippen MR) is 117 cm³/mol. The number of carbonyl (C=O) groups is 2. The fraction of sp³-hybridized carbons (Fsp3) is 0.348. The van der Waals surface area contributed by atoms with Gasteiger partial charge in [0.1, 0.15) is 11.5 Å². The number of hydrogen-bond acceptors (Lipinski definition) is 5. The minimum atomic E-state index is -0.155. The van der Waals surface area contributed by atoms with Crippen molar-refractivity contribution in [3.8, 4) is 0 Å². The Balaban J connectivity index is 1.38. The molecule has 2 aromatic rings. The number of nitrogens with one attached hydrogen (secondary N) is 2. The van der Waals surface area contributed by atoms with E-state index in [1.165, 1.54) is 6.34 Å². The summed E-state index contributed by atoms with van der Waals surface area (Å²) in [4.78, 5) is 35.3. The van der Waals surface area contributed by atoms with E-state index in [-0.39, 0.29) is 23.7 Å². The van der Waals surface area contributed by atoms with Crippen LogP contribution in [0.5, 0.6) is 0 Å². The van der Waals surface area contributed by atoms with Gasteiger partial charge in [0.25, 0.3) is 11.8 Å². The van der Waals surface area contributed by atoms with Crippen LogP contribution in [0.1, 0.15) is 57.7 Å². The summed E-state index contributed by atoms with van der Waals surface area (Å²) in [6, 6.07) is 10.7. The number of amides is 2. The van der Waals surface area contributed by atoms with E-state index >= 15 is 0 Å². The Morgan fingerprint density at radius 1 is 1.16 bits per heavy atom. The molecular weight excluding hydrogens is 392 g/mol. The van der Waals surface area contributed by atoms with Crippen molar-refractivity contribution in [1.29, 1.82) is 10.8 Å². The normalized spacial score (nSPS) is 17.6. The molecule has 3 heterocycles. The maximum Gasteiger partial charge on any atom is 0.260 e. The molecule has 1 saturated heterocycles. The molecule has 0 radical (unpaired) electrons. The quantitative estimate of drug-likeness (QED) is 0.578. The minimum Gasteiger partial charge on any atom is -0.339 e. The predicted octanol–water partition coefficient (Wildman–Crippen LogP) is 2.87. The molecule has 8 heteroatoms. The molecule has 0 atom stereocenters. The van der Waals surface area contributed by atoms with Crippen LogP contribution in [-0.4, -0.2) is 57.9 Å². The fourth-order valence-electron chi connectivity index (χ4n) is 4.28. The van der Waals surface area contributed by atoms with E-state index in [1.807, 2.05) is 11.0 Å². The molecule has 2 aliphatic heterocycles. The summed E-state index contributed by atoms with van der Waals surface area (Å²) < 4.78 is 0. The van der Waals surface area contributed by atoms with Gasteiger partial charge >= 0.3 is 0 Å². The second-order valence-corrected chi connectivity index (χ2v) is 8.26. The van der Waals surface area contributed by atoms with Gasteiger partial charge in [0.05, 0.1) is 12.9 Å². The number of benzene rings is 1. The first-order chi connectivity index (χ1) is 15.1. The van der Waals surface area contributed by atoms with Crippen molar-refractivity contribution in [3.05, 3.63) is 58.8 Å². The van der Waals surface area contributed by atoms with E-state index in [1.54, 1.807) is 40.1 Å². The highest BCUT2D eigenvalue weighted by molar-refractivity contribution is 6.10. The monoisotopic (exact) mass is 416 g/mol. The zero-order valence-electron chi connectivity index (χ0n) is 17.2. The highest BCUT2D eigenvalue weighted by Gasteiger charge is 2.33. The van der Waals surface area contributed by atoms with Crippen LogP contribution in [0, 0.1) is 10.8 Å². The SMILES string of the molecule is N=CN(C(=N)c1cccc(N2Cc3cc(C(=O)N4CCCC4)ccc3C2=O)n1)C1CC1. The van der Waals surface area contributed by atoms with Crippen LogP contribution in [0.2, 0.25) is 0 Å². The largest absolute Gasteiger partial charge is 0.339 e. The van der Waals surface area contributed by atoms with Crippen molar-refractivity contribution in [2.75, 3.05) is 18.0 Å².